The number of benzene rings is 2. The lowest BCUT2D eigenvalue weighted by Gasteiger charge is -2.29. The highest BCUT2D eigenvalue weighted by Crippen LogP contribution is 2.32. The fourth-order valence-electron chi connectivity index (χ4n) is 4.48. The number of nitrogens with zero attached hydrogens (tertiary/aromatic N) is 2. The molecule has 0 saturated heterocycles. The first-order valence-corrected chi connectivity index (χ1v) is 15.0. The Morgan fingerprint density at radius 3 is 2.49 bits per heavy atom. The van der Waals surface area contributed by atoms with Crippen molar-refractivity contribution >= 4 is 15.9 Å². The lowest BCUT2D eigenvalue weighted by molar-refractivity contribution is -0.133. The molecule has 1 aliphatic heterocycles. The lowest BCUT2D eigenvalue weighted by atomic mass is 10.0. The number of carbonyl (C=O) groups excluding carboxylic acids is 1. The van der Waals surface area contributed by atoms with Gasteiger partial charge in [0.15, 0.2) is 11.5 Å². The van der Waals surface area contributed by atoms with E-state index >= 15 is 0 Å². The van der Waals surface area contributed by atoms with E-state index in [2.05, 4.69) is 0 Å². The van der Waals surface area contributed by atoms with Crippen molar-refractivity contribution in [1.82, 2.24) is 9.21 Å². The van der Waals surface area contributed by atoms with Gasteiger partial charge in [-0.3, -0.25) is 4.79 Å². The van der Waals surface area contributed by atoms with E-state index in [0.29, 0.717) is 49.6 Å². The lowest BCUT2D eigenvalue weighted by Crippen LogP contribution is -2.46. The Kier molecular flexibility index (Phi) is 11.4. The van der Waals surface area contributed by atoms with Gasteiger partial charge in [-0.2, -0.15) is 0 Å². The first-order valence-electron chi connectivity index (χ1n) is 13.4. The Bertz CT molecular complexity index is 1190. The van der Waals surface area contributed by atoms with Crippen LogP contribution in [0.5, 0.6) is 17.2 Å². The fourth-order valence-corrected chi connectivity index (χ4v) is 6.09. The molecule has 3 N–H and O–H groups in total. The van der Waals surface area contributed by atoms with Crippen molar-refractivity contribution in [2.24, 2.45) is 5.73 Å². The zero-order valence-corrected chi connectivity index (χ0v) is 23.9. The number of ether oxygens (including phenoxy) is 3. The minimum Gasteiger partial charge on any atom is -0.497 e. The minimum atomic E-state index is -3.59. The highest BCUT2D eigenvalue weighted by molar-refractivity contribution is 7.89. The van der Waals surface area contributed by atoms with Crippen LogP contribution < -0.4 is 19.9 Å². The number of sulfonamides is 1. The van der Waals surface area contributed by atoms with Gasteiger partial charge in [0.05, 0.1) is 19.0 Å². The van der Waals surface area contributed by atoms with Crippen LogP contribution in [-0.2, 0) is 27.8 Å². The second kappa shape index (κ2) is 14.5. The number of hydrogen-bond donors (Lipinski definition) is 2. The number of fused-ring (bicyclic) bond motifs is 1. The average Bonchev–Trinajstić information content (AvgIpc) is 3.39. The molecule has 2 atom stereocenters. The Morgan fingerprint density at radius 2 is 1.79 bits per heavy atom. The van der Waals surface area contributed by atoms with E-state index in [-0.39, 0.29) is 38.0 Å². The molecular formula is C28H41N3O7S. The van der Waals surface area contributed by atoms with Crippen molar-refractivity contribution in [1.29, 1.82) is 0 Å². The quantitative estimate of drug-likeness (QED) is 0.319. The molecule has 10 nitrogen and oxygen atoms in total. The summed E-state index contributed by atoms with van der Waals surface area (Å²) in [6.07, 6.45) is 0.514. The van der Waals surface area contributed by atoms with Gasteiger partial charge in [-0.1, -0.05) is 32.0 Å². The van der Waals surface area contributed by atoms with Crippen molar-refractivity contribution in [3.8, 4) is 17.2 Å². The van der Waals surface area contributed by atoms with Gasteiger partial charge in [-0.15, -0.1) is 0 Å². The van der Waals surface area contributed by atoms with Crippen LogP contribution >= 0.6 is 0 Å². The predicted octanol–water partition coefficient (Wildman–Crippen LogP) is 2.53. The van der Waals surface area contributed by atoms with Gasteiger partial charge < -0.3 is 30.0 Å². The monoisotopic (exact) mass is 563 g/mol. The SMILES string of the molecule is CCCN(CCC)S(=O)(=O)CCC(=O)N(Cc1cccc(OC)c1)C[C@@H](O)[C@@H](N)Cc1ccc2c(c1)OCO2. The van der Waals surface area contributed by atoms with Crippen LogP contribution in [0.15, 0.2) is 42.5 Å². The average molecular weight is 564 g/mol. The summed E-state index contributed by atoms with van der Waals surface area (Å²) in [6, 6.07) is 12.1. The summed E-state index contributed by atoms with van der Waals surface area (Å²) in [5.74, 6) is 1.26. The van der Waals surface area contributed by atoms with E-state index in [1.807, 2.05) is 38.1 Å². The van der Waals surface area contributed by atoms with Crippen LogP contribution in [0.2, 0.25) is 0 Å². The predicted molar refractivity (Wildman–Crippen MR) is 149 cm³/mol. The van der Waals surface area contributed by atoms with E-state index in [9.17, 15) is 18.3 Å². The number of aliphatic hydroxyl groups excluding tert-OH is 1. The standard InChI is InChI=1S/C28H41N3O7S/c1-4-12-31(13-5-2)39(34,35)14-11-28(33)30(18-22-7-6-8-23(15-22)36-3)19-25(32)24(29)16-21-9-10-26-27(17-21)38-20-37-26/h6-10,15,17,24-25,32H,4-5,11-14,16,18-20,29H2,1-3H3/t24-,25+/m0/s1. The molecule has 0 aromatic heterocycles. The van der Waals surface area contributed by atoms with Crippen LogP contribution in [0.25, 0.3) is 0 Å². The van der Waals surface area contributed by atoms with Crippen LogP contribution in [0, 0.1) is 0 Å². The van der Waals surface area contributed by atoms with E-state index in [1.54, 1.807) is 25.3 Å². The number of amides is 1. The topological polar surface area (TPSA) is 132 Å². The third-order valence-corrected chi connectivity index (χ3v) is 8.46. The van der Waals surface area contributed by atoms with Crippen molar-refractivity contribution in [2.75, 3.05) is 39.3 Å². The van der Waals surface area contributed by atoms with Crippen LogP contribution in [0.4, 0.5) is 0 Å². The maximum atomic E-state index is 13.4. The molecule has 1 heterocycles. The van der Waals surface area contributed by atoms with Crippen molar-refractivity contribution in [3.63, 3.8) is 0 Å². The molecule has 216 valence electrons. The summed E-state index contributed by atoms with van der Waals surface area (Å²) >= 11 is 0. The van der Waals surface area contributed by atoms with Gasteiger partial charge in [0, 0.05) is 38.6 Å². The Balaban J connectivity index is 1.71. The molecule has 2 aromatic rings. The summed E-state index contributed by atoms with van der Waals surface area (Å²) < 4.78 is 43.4. The van der Waals surface area contributed by atoms with Gasteiger partial charge in [-0.05, 0) is 54.7 Å². The molecule has 2 aromatic carbocycles. The Morgan fingerprint density at radius 1 is 1.08 bits per heavy atom. The molecule has 3 rings (SSSR count). The van der Waals surface area contributed by atoms with Gasteiger partial charge in [-0.25, -0.2) is 12.7 Å². The molecule has 0 fully saturated rings. The van der Waals surface area contributed by atoms with Crippen molar-refractivity contribution < 1.29 is 32.5 Å². The third-order valence-electron chi connectivity index (χ3n) is 6.58. The summed E-state index contributed by atoms with van der Waals surface area (Å²) in [7, 11) is -2.03. The normalized spacial score (nSPS) is 14.3. The molecule has 0 bridgehead atoms. The first kappa shape index (κ1) is 30.7. The maximum absolute atomic E-state index is 13.4. The zero-order valence-electron chi connectivity index (χ0n) is 23.0. The highest BCUT2D eigenvalue weighted by atomic mass is 32.2. The largest absolute Gasteiger partial charge is 0.497 e. The van der Waals surface area contributed by atoms with E-state index in [0.717, 1.165) is 11.1 Å². The van der Waals surface area contributed by atoms with Gasteiger partial charge >= 0.3 is 0 Å². The second-order valence-corrected chi connectivity index (χ2v) is 11.8. The van der Waals surface area contributed by atoms with Crippen molar-refractivity contribution in [3.05, 3.63) is 53.6 Å². The highest BCUT2D eigenvalue weighted by Gasteiger charge is 2.27. The first-order chi connectivity index (χ1) is 18.7. The Hall–Kier alpha value is -2.86. The van der Waals surface area contributed by atoms with Crippen LogP contribution in [0.3, 0.4) is 0 Å². The summed E-state index contributed by atoms with van der Waals surface area (Å²) in [5, 5.41) is 11.0. The van der Waals surface area contributed by atoms with Gasteiger partial charge in [0.1, 0.15) is 5.75 Å². The fraction of sp³-hybridized carbons (Fsp3) is 0.536. The molecule has 11 heteroatoms. The molecule has 0 unspecified atom stereocenters. The molecule has 1 amide bonds. The number of nitrogens with two attached hydrogens (primary N) is 1. The molecule has 0 aliphatic carbocycles. The molecule has 0 radical (unpaired) electrons. The molecular weight excluding hydrogens is 522 g/mol. The number of rotatable bonds is 16. The van der Waals surface area contributed by atoms with Gasteiger partial charge in [0.25, 0.3) is 0 Å². The number of aliphatic hydroxyl groups is 1. The number of methoxy groups -OCH3 is 1. The summed E-state index contributed by atoms with van der Waals surface area (Å²) in [4.78, 5) is 14.8. The van der Waals surface area contributed by atoms with E-state index < -0.39 is 22.2 Å². The molecule has 1 aliphatic rings. The molecule has 0 saturated carbocycles. The van der Waals surface area contributed by atoms with Gasteiger partial charge in [0.2, 0.25) is 22.7 Å². The van der Waals surface area contributed by atoms with E-state index in [4.69, 9.17) is 19.9 Å². The number of hydrogen-bond acceptors (Lipinski definition) is 8. The summed E-state index contributed by atoms with van der Waals surface area (Å²) in [5.41, 5.74) is 8.01. The van der Waals surface area contributed by atoms with Crippen LogP contribution in [0.1, 0.15) is 44.2 Å². The minimum absolute atomic E-state index is 0.0462. The maximum Gasteiger partial charge on any atom is 0.231 e. The second-order valence-electron chi connectivity index (χ2n) is 9.71. The number of carbonyl (C=O) groups is 1. The Labute approximate surface area is 231 Å². The van der Waals surface area contributed by atoms with E-state index in [1.165, 1.54) is 9.21 Å². The third kappa shape index (κ3) is 8.82. The van der Waals surface area contributed by atoms with Crippen LogP contribution in [-0.4, -0.2) is 80.1 Å². The zero-order chi connectivity index (χ0) is 28.4. The smallest absolute Gasteiger partial charge is 0.231 e. The molecule has 0 spiro atoms. The molecule has 39 heavy (non-hydrogen) atoms. The van der Waals surface area contributed by atoms with Crippen molar-refractivity contribution in [2.45, 2.75) is 58.2 Å². The summed E-state index contributed by atoms with van der Waals surface area (Å²) in [6.45, 7) is 4.99.